The fourth-order valence-corrected chi connectivity index (χ4v) is 2.00. The summed E-state index contributed by atoms with van der Waals surface area (Å²) in [4.78, 5) is 4.22. The van der Waals surface area contributed by atoms with E-state index in [1.54, 1.807) is 4.40 Å². The molecule has 0 N–H and O–H groups in total. The SMILES string of the molecule is CC(C)c1nc2cc(C(F)(F)F)ccn2c1CC#N. The van der Waals surface area contributed by atoms with Crippen LogP contribution in [0.4, 0.5) is 13.2 Å². The fourth-order valence-electron chi connectivity index (χ4n) is 2.00. The van der Waals surface area contributed by atoms with Gasteiger partial charge >= 0.3 is 6.18 Å². The largest absolute Gasteiger partial charge is 0.416 e. The zero-order valence-electron chi connectivity index (χ0n) is 10.5. The van der Waals surface area contributed by atoms with E-state index in [9.17, 15) is 13.2 Å². The first-order valence-electron chi connectivity index (χ1n) is 5.79. The highest BCUT2D eigenvalue weighted by atomic mass is 19.4. The molecule has 0 saturated heterocycles. The van der Waals surface area contributed by atoms with Crippen LogP contribution in [0.1, 0.15) is 36.7 Å². The van der Waals surface area contributed by atoms with E-state index in [0.29, 0.717) is 11.4 Å². The van der Waals surface area contributed by atoms with Gasteiger partial charge in [0.1, 0.15) is 5.65 Å². The van der Waals surface area contributed by atoms with Crippen LogP contribution in [-0.4, -0.2) is 9.38 Å². The van der Waals surface area contributed by atoms with Gasteiger partial charge in [0.05, 0.1) is 29.4 Å². The summed E-state index contributed by atoms with van der Waals surface area (Å²) in [5.74, 6) is 0.0533. The van der Waals surface area contributed by atoms with E-state index in [1.807, 2.05) is 19.9 Å². The number of fused-ring (bicyclic) bond motifs is 1. The van der Waals surface area contributed by atoms with Gasteiger partial charge in [0.15, 0.2) is 0 Å². The summed E-state index contributed by atoms with van der Waals surface area (Å²) in [6.45, 7) is 3.79. The molecule has 0 atom stereocenters. The lowest BCUT2D eigenvalue weighted by molar-refractivity contribution is -0.137. The van der Waals surface area contributed by atoms with Crippen LogP contribution >= 0.6 is 0 Å². The fraction of sp³-hybridized carbons (Fsp3) is 0.385. The molecule has 2 rings (SSSR count). The van der Waals surface area contributed by atoms with E-state index in [2.05, 4.69) is 4.98 Å². The zero-order chi connectivity index (χ0) is 14.2. The molecule has 0 radical (unpaired) electrons. The van der Waals surface area contributed by atoms with E-state index in [4.69, 9.17) is 5.26 Å². The molecule has 6 heteroatoms. The van der Waals surface area contributed by atoms with Gasteiger partial charge in [-0.3, -0.25) is 0 Å². The van der Waals surface area contributed by atoms with E-state index in [0.717, 1.165) is 12.1 Å². The number of rotatable bonds is 2. The van der Waals surface area contributed by atoms with Gasteiger partial charge in [-0.05, 0) is 18.1 Å². The highest BCUT2D eigenvalue weighted by Crippen LogP contribution is 2.31. The van der Waals surface area contributed by atoms with Crippen molar-refractivity contribution < 1.29 is 13.2 Å². The normalized spacial score (nSPS) is 12.1. The van der Waals surface area contributed by atoms with Crippen molar-refractivity contribution >= 4 is 5.65 Å². The highest BCUT2D eigenvalue weighted by Gasteiger charge is 2.31. The summed E-state index contributed by atoms with van der Waals surface area (Å²) in [6, 6.07) is 4.03. The van der Waals surface area contributed by atoms with Gasteiger partial charge < -0.3 is 4.40 Å². The van der Waals surface area contributed by atoms with Crippen molar-refractivity contribution in [3.63, 3.8) is 0 Å². The van der Waals surface area contributed by atoms with Gasteiger partial charge in [-0.25, -0.2) is 4.98 Å². The molecule has 0 aromatic carbocycles. The molecule has 2 heterocycles. The Hall–Kier alpha value is -2.03. The minimum Gasteiger partial charge on any atom is -0.303 e. The quantitative estimate of drug-likeness (QED) is 0.835. The number of aromatic nitrogens is 2. The first-order chi connectivity index (χ1) is 8.84. The standard InChI is InChI=1S/C13H12F3N3/c1-8(2)12-10(3-5-17)19-6-4-9(13(14,15)16)7-11(19)18-12/h4,6-8H,3H2,1-2H3. The summed E-state index contributed by atoms with van der Waals surface area (Å²) in [7, 11) is 0. The number of nitrogens with zero attached hydrogens (tertiary/aromatic N) is 3. The molecule has 0 bridgehead atoms. The molecular formula is C13H12F3N3. The Labute approximate surface area is 108 Å². The average Bonchev–Trinajstić information content (AvgIpc) is 2.67. The van der Waals surface area contributed by atoms with Crippen molar-refractivity contribution in [3.8, 4) is 6.07 Å². The lowest BCUT2D eigenvalue weighted by atomic mass is 10.1. The molecule has 0 saturated carbocycles. The summed E-state index contributed by atoms with van der Waals surface area (Å²) >= 11 is 0. The number of hydrogen-bond acceptors (Lipinski definition) is 2. The number of nitriles is 1. The maximum atomic E-state index is 12.6. The van der Waals surface area contributed by atoms with Crippen LogP contribution < -0.4 is 0 Å². The zero-order valence-corrected chi connectivity index (χ0v) is 10.5. The maximum Gasteiger partial charge on any atom is 0.416 e. The Morgan fingerprint density at radius 1 is 1.42 bits per heavy atom. The molecule has 0 spiro atoms. The molecule has 0 aliphatic rings. The van der Waals surface area contributed by atoms with Crippen LogP contribution in [-0.2, 0) is 12.6 Å². The molecule has 3 nitrogen and oxygen atoms in total. The Kier molecular flexibility index (Phi) is 3.23. The number of imidazole rings is 1. The van der Waals surface area contributed by atoms with Crippen LogP contribution in [0.3, 0.4) is 0 Å². The van der Waals surface area contributed by atoms with Crippen molar-refractivity contribution in [3.05, 3.63) is 35.3 Å². The van der Waals surface area contributed by atoms with Crippen LogP contribution in [0.25, 0.3) is 5.65 Å². The molecule has 0 unspecified atom stereocenters. The van der Waals surface area contributed by atoms with E-state index in [1.165, 1.54) is 6.20 Å². The molecule has 0 amide bonds. The molecule has 0 fully saturated rings. The smallest absolute Gasteiger partial charge is 0.303 e. The van der Waals surface area contributed by atoms with Crippen molar-refractivity contribution in [1.82, 2.24) is 9.38 Å². The van der Waals surface area contributed by atoms with Gasteiger partial charge in [0.25, 0.3) is 0 Å². The average molecular weight is 267 g/mol. The topological polar surface area (TPSA) is 41.1 Å². The minimum absolute atomic E-state index is 0.0533. The molecular weight excluding hydrogens is 255 g/mol. The second-order valence-electron chi connectivity index (χ2n) is 4.57. The first kappa shape index (κ1) is 13.4. The highest BCUT2D eigenvalue weighted by molar-refractivity contribution is 5.47. The number of halogens is 3. The number of hydrogen-bond donors (Lipinski definition) is 0. The summed E-state index contributed by atoms with van der Waals surface area (Å²) in [5.41, 5.74) is 0.815. The lowest BCUT2D eigenvalue weighted by Gasteiger charge is -2.07. The summed E-state index contributed by atoms with van der Waals surface area (Å²) in [6.07, 6.45) is -2.94. The van der Waals surface area contributed by atoms with Gasteiger partial charge in [-0.15, -0.1) is 0 Å². The molecule has 19 heavy (non-hydrogen) atoms. The summed E-state index contributed by atoms with van der Waals surface area (Å²) < 4.78 is 39.5. The lowest BCUT2D eigenvalue weighted by Crippen LogP contribution is -2.05. The van der Waals surface area contributed by atoms with Crippen molar-refractivity contribution in [2.45, 2.75) is 32.4 Å². The third-order valence-electron chi connectivity index (χ3n) is 2.88. The van der Waals surface area contributed by atoms with E-state index in [-0.39, 0.29) is 18.0 Å². The van der Waals surface area contributed by atoms with Crippen molar-refractivity contribution in [2.75, 3.05) is 0 Å². The summed E-state index contributed by atoms with van der Waals surface area (Å²) in [5, 5.41) is 8.82. The monoisotopic (exact) mass is 267 g/mol. The molecule has 0 aliphatic heterocycles. The van der Waals surface area contributed by atoms with E-state index >= 15 is 0 Å². The Balaban J connectivity index is 2.66. The van der Waals surface area contributed by atoms with Crippen LogP contribution in [0.15, 0.2) is 18.3 Å². The van der Waals surface area contributed by atoms with Crippen molar-refractivity contribution in [1.29, 1.82) is 5.26 Å². The predicted octanol–water partition coefficient (Wildman–Crippen LogP) is 3.54. The second kappa shape index (κ2) is 4.57. The van der Waals surface area contributed by atoms with Crippen LogP contribution in [0.2, 0.25) is 0 Å². The first-order valence-corrected chi connectivity index (χ1v) is 5.79. The van der Waals surface area contributed by atoms with Gasteiger partial charge in [0.2, 0.25) is 0 Å². The van der Waals surface area contributed by atoms with Crippen molar-refractivity contribution in [2.24, 2.45) is 0 Å². The third kappa shape index (κ3) is 2.41. The maximum absolute atomic E-state index is 12.6. The molecule has 2 aromatic rings. The van der Waals surface area contributed by atoms with E-state index < -0.39 is 11.7 Å². The van der Waals surface area contributed by atoms with Crippen LogP contribution in [0, 0.1) is 11.3 Å². The Bertz CT molecular complexity index is 647. The van der Waals surface area contributed by atoms with Gasteiger partial charge in [0, 0.05) is 6.20 Å². The van der Waals surface area contributed by atoms with Gasteiger partial charge in [-0.1, -0.05) is 13.8 Å². The second-order valence-corrected chi connectivity index (χ2v) is 4.57. The predicted molar refractivity (Wildman–Crippen MR) is 63.6 cm³/mol. The van der Waals surface area contributed by atoms with Gasteiger partial charge in [-0.2, -0.15) is 18.4 Å². The molecule has 0 aliphatic carbocycles. The number of pyridine rings is 1. The molecule has 2 aromatic heterocycles. The van der Waals surface area contributed by atoms with Crippen LogP contribution in [0.5, 0.6) is 0 Å². The molecule has 100 valence electrons. The number of alkyl halides is 3. The third-order valence-corrected chi connectivity index (χ3v) is 2.88. The Morgan fingerprint density at radius 3 is 2.63 bits per heavy atom. The minimum atomic E-state index is -4.39. The Morgan fingerprint density at radius 2 is 2.11 bits per heavy atom.